The molecule has 11 heteroatoms. The van der Waals surface area contributed by atoms with E-state index < -0.39 is 5.97 Å². The van der Waals surface area contributed by atoms with Gasteiger partial charge in [-0.1, -0.05) is 31.4 Å². The normalized spacial score (nSPS) is 13.9. The second-order valence-electron chi connectivity index (χ2n) is 7.95. The first kappa shape index (κ1) is 26.5. The van der Waals surface area contributed by atoms with Crippen LogP contribution in [0.25, 0.3) is 0 Å². The van der Waals surface area contributed by atoms with E-state index in [-0.39, 0.29) is 23.4 Å². The van der Waals surface area contributed by atoms with Crippen LogP contribution in [0, 0.1) is 12.8 Å². The van der Waals surface area contributed by atoms with E-state index >= 15 is 0 Å². The summed E-state index contributed by atoms with van der Waals surface area (Å²) in [7, 11) is 3.12. The van der Waals surface area contributed by atoms with Crippen LogP contribution in [0.3, 0.4) is 0 Å². The van der Waals surface area contributed by atoms with Gasteiger partial charge < -0.3 is 20.9 Å². The molecule has 1 aromatic heterocycles. The molecule has 0 aliphatic heterocycles. The van der Waals surface area contributed by atoms with Gasteiger partial charge in [0.15, 0.2) is 5.84 Å². The molecule has 184 valence electrons. The number of hydrogen-bond donors (Lipinski definition) is 4. The Balaban J connectivity index is 0.000000379. The molecule has 6 N–H and O–H groups in total. The summed E-state index contributed by atoms with van der Waals surface area (Å²) in [6.45, 7) is 2.01. The first-order chi connectivity index (χ1) is 16.2. The number of aromatic nitrogens is 2. The number of aryl methyl sites for hydroxylation is 1. The Labute approximate surface area is 199 Å². The van der Waals surface area contributed by atoms with Crippen molar-refractivity contribution in [2.24, 2.45) is 22.6 Å². The summed E-state index contributed by atoms with van der Waals surface area (Å²) < 4.78 is 5.16. The number of amides is 1. The number of nitrogens with two attached hydrogens (primary N) is 2. The lowest BCUT2D eigenvalue weighted by molar-refractivity contribution is -0.142. The first-order valence-corrected chi connectivity index (χ1v) is 11.0. The van der Waals surface area contributed by atoms with Crippen LogP contribution in [0.4, 0.5) is 0 Å². The highest BCUT2D eigenvalue weighted by molar-refractivity contribution is 5.99. The molecule has 11 nitrogen and oxygen atoms in total. The Kier molecular flexibility index (Phi) is 10.2. The molecule has 1 amide bonds. The number of hydrogen-bond acceptors (Lipinski definition) is 8. The van der Waals surface area contributed by atoms with Crippen molar-refractivity contribution in [1.82, 2.24) is 20.4 Å². The van der Waals surface area contributed by atoms with Crippen LogP contribution in [-0.4, -0.2) is 52.1 Å². The van der Waals surface area contributed by atoms with E-state index in [1.165, 1.54) is 19.5 Å². The molecular formula is C23H33N7O4. The van der Waals surface area contributed by atoms with E-state index in [1.807, 2.05) is 24.3 Å². The lowest BCUT2D eigenvalue weighted by Crippen LogP contribution is -2.28. The number of amidine groups is 1. The molecule has 1 saturated carbocycles. The third kappa shape index (κ3) is 8.66. The number of rotatable bonds is 7. The molecule has 1 fully saturated rings. The molecule has 0 saturated heterocycles. The predicted octanol–water partition coefficient (Wildman–Crippen LogP) is 1.80. The van der Waals surface area contributed by atoms with E-state index in [0.717, 1.165) is 42.1 Å². The van der Waals surface area contributed by atoms with Crippen molar-refractivity contribution in [2.75, 3.05) is 14.2 Å². The number of carboxylic acids is 1. The molecule has 0 atom stereocenters. The van der Waals surface area contributed by atoms with Gasteiger partial charge in [-0.25, -0.2) is 20.9 Å². The van der Waals surface area contributed by atoms with Crippen molar-refractivity contribution in [3.63, 3.8) is 0 Å². The van der Waals surface area contributed by atoms with Crippen molar-refractivity contribution < 1.29 is 19.4 Å². The van der Waals surface area contributed by atoms with E-state index in [9.17, 15) is 9.59 Å². The molecule has 1 aliphatic rings. The zero-order chi connectivity index (χ0) is 25.1. The summed E-state index contributed by atoms with van der Waals surface area (Å²) in [4.78, 5) is 31.0. The maximum absolute atomic E-state index is 12.4. The Bertz CT molecular complexity index is 1000. The minimum Gasteiger partial charge on any atom is -0.497 e. The summed E-state index contributed by atoms with van der Waals surface area (Å²) in [6, 6.07) is 8.89. The highest BCUT2D eigenvalue weighted by Crippen LogP contribution is 2.23. The Hall–Kier alpha value is -3.73. The molecule has 0 bridgehead atoms. The van der Waals surface area contributed by atoms with Crippen LogP contribution in [0.1, 0.15) is 59.7 Å². The van der Waals surface area contributed by atoms with Crippen molar-refractivity contribution in [2.45, 2.75) is 45.6 Å². The highest BCUT2D eigenvalue weighted by Gasteiger charge is 2.19. The maximum Gasteiger partial charge on any atom is 0.306 e. The Morgan fingerprint density at radius 1 is 1.21 bits per heavy atom. The van der Waals surface area contributed by atoms with Crippen LogP contribution in [0.5, 0.6) is 5.75 Å². The van der Waals surface area contributed by atoms with Gasteiger partial charge in [-0.2, -0.15) is 0 Å². The van der Waals surface area contributed by atoms with E-state index in [1.54, 1.807) is 14.0 Å². The monoisotopic (exact) mass is 471 g/mol. The quantitative estimate of drug-likeness (QED) is 0.203. The summed E-state index contributed by atoms with van der Waals surface area (Å²) >= 11 is 0. The topological polar surface area (TPSA) is 169 Å². The Morgan fingerprint density at radius 2 is 1.88 bits per heavy atom. The summed E-state index contributed by atoms with van der Waals surface area (Å²) in [5, 5.41) is 16.3. The number of methoxy groups -OCH3 is 1. The zero-order valence-corrected chi connectivity index (χ0v) is 19.8. The number of carboxylic acid groups (broad SMARTS) is 1. The van der Waals surface area contributed by atoms with Crippen molar-refractivity contribution in [3.8, 4) is 5.75 Å². The number of ether oxygens (including phenoxy) is 1. The largest absolute Gasteiger partial charge is 0.497 e. The van der Waals surface area contributed by atoms with Gasteiger partial charge in [0.2, 0.25) is 0 Å². The van der Waals surface area contributed by atoms with Crippen LogP contribution < -0.4 is 21.6 Å². The standard InChI is InChI=1S/C16H21N7O2.C7H12O2/c1-10-20-13(15(17)22-23(2)18)8-14(21-10)16(24)19-9-11-5-4-6-12(7-11)25-3;8-7(9)6-4-2-1-3-5-6/h4-8H,9,18H2,1-3H3,(H2,17,22)(H,19,24);6H,1-5H2,(H,8,9). The number of aliphatic carboxylic acids is 1. The average molecular weight is 472 g/mol. The number of hydrazone groups is 1. The van der Waals surface area contributed by atoms with Gasteiger partial charge in [-0.15, -0.1) is 5.10 Å². The fourth-order valence-corrected chi connectivity index (χ4v) is 3.44. The number of nitrogens with zero attached hydrogens (tertiary/aromatic N) is 4. The summed E-state index contributed by atoms with van der Waals surface area (Å²) in [5.41, 5.74) is 7.26. The third-order valence-electron chi connectivity index (χ3n) is 5.14. The number of hydrazine groups is 1. The fourth-order valence-electron chi connectivity index (χ4n) is 3.44. The number of carbonyl (C=O) groups excluding carboxylic acids is 1. The van der Waals surface area contributed by atoms with Gasteiger partial charge in [-0.05, 0) is 43.5 Å². The molecule has 1 aromatic carbocycles. The first-order valence-electron chi connectivity index (χ1n) is 11.0. The van der Waals surface area contributed by atoms with E-state index in [2.05, 4.69) is 20.4 Å². The second kappa shape index (κ2) is 13.1. The van der Waals surface area contributed by atoms with Gasteiger partial charge in [0.05, 0.1) is 13.0 Å². The van der Waals surface area contributed by atoms with Gasteiger partial charge in [0, 0.05) is 13.6 Å². The maximum atomic E-state index is 12.4. The summed E-state index contributed by atoms with van der Waals surface area (Å²) in [6.07, 6.45) is 5.24. The molecule has 3 rings (SSSR count). The molecule has 0 unspecified atom stereocenters. The van der Waals surface area contributed by atoms with Crippen molar-refractivity contribution in [1.29, 1.82) is 0 Å². The Morgan fingerprint density at radius 3 is 2.47 bits per heavy atom. The summed E-state index contributed by atoms with van der Waals surface area (Å²) in [5.74, 6) is 5.68. The molecule has 1 aliphatic carbocycles. The van der Waals surface area contributed by atoms with Crippen molar-refractivity contribution in [3.05, 3.63) is 53.1 Å². The average Bonchev–Trinajstić information content (AvgIpc) is 2.82. The molecule has 1 heterocycles. The minimum atomic E-state index is -0.602. The molecule has 34 heavy (non-hydrogen) atoms. The van der Waals surface area contributed by atoms with Gasteiger partial charge in [-0.3, -0.25) is 9.59 Å². The van der Waals surface area contributed by atoms with Crippen molar-refractivity contribution >= 4 is 17.7 Å². The zero-order valence-electron chi connectivity index (χ0n) is 19.8. The molecular weight excluding hydrogens is 438 g/mol. The van der Waals surface area contributed by atoms with Crippen LogP contribution in [-0.2, 0) is 11.3 Å². The van der Waals surface area contributed by atoms with Crippen LogP contribution in [0.15, 0.2) is 35.4 Å². The number of carbonyl (C=O) groups is 2. The minimum absolute atomic E-state index is 0.0289. The van der Waals surface area contributed by atoms with Gasteiger partial charge in [0.1, 0.15) is 23.0 Å². The molecule has 0 spiro atoms. The van der Waals surface area contributed by atoms with E-state index in [0.29, 0.717) is 18.1 Å². The third-order valence-corrected chi connectivity index (χ3v) is 5.14. The van der Waals surface area contributed by atoms with Gasteiger partial charge in [0.25, 0.3) is 5.91 Å². The fraction of sp³-hybridized carbons (Fsp3) is 0.435. The highest BCUT2D eigenvalue weighted by atomic mass is 16.5. The molecule has 2 aromatic rings. The van der Waals surface area contributed by atoms with Gasteiger partial charge >= 0.3 is 5.97 Å². The lowest BCUT2D eigenvalue weighted by atomic mass is 9.90. The molecule has 0 radical (unpaired) electrons. The van der Waals surface area contributed by atoms with Crippen LogP contribution >= 0.6 is 0 Å². The predicted molar refractivity (Wildman–Crippen MR) is 128 cm³/mol. The lowest BCUT2D eigenvalue weighted by Gasteiger charge is -2.16. The number of benzene rings is 1. The smallest absolute Gasteiger partial charge is 0.306 e. The SMILES string of the molecule is COc1cccc(CNC(=O)c2cc(/C(N)=N/N(C)N)nc(C)n2)c1.O=C(O)C1CCCCC1. The second-order valence-corrected chi connectivity index (χ2v) is 7.95. The van der Waals surface area contributed by atoms with E-state index in [4.69, 9.17) is 21.4 Å². The number of nitrogens with one attached hydrogen (secondary N) is 1. The van der Waals surface area contributed by atoms with Crippen LogP contribution in [0.2, 0.25) is 0 Å².